The summed E-state index contributed by atoms with van der Waals surface area (Å²) >= 11 is 0. The first-order valence-electron chi connectivity index (χ1n) is 4.46. The van der Waals surface area contributed by atoms with E-state index in [4.69, 9.17) is 0 Å². The van der Waals surface area contributed by atoms with Gasteiger partial charge in [-0.3, -0.25) is 4.79 Å². The predicted molar refractivity (Wildman–Crippen MR) is 43.2 cm³/mol. The first-order chi connectivity index (χ1) is 5.10. The molecule has 0 aromatic rings. The predicted octanol–water partition coefficient (Wildman–Crippen LogP) is -2.04. The van der Waals surface area contributed by atoms with Gasteiger partial charge in [-0.05, 0) is 0 Å². The van der Waals surface area contributed by atoms with Crippen LogP contribution in [0.1, 0.15) is 25.7 Å². The van der Waals surface area contributed by atoms with Gasteiger partial charge in [0, 0.05) is 12.8 Å². The minimum atomic E-state index is 0. The maximum atomic E-state index is 11.2. The Bertz CT molecular complexity index is 185. The topological polar surface area (TPSA) is 17.1 Å². The minimum absolute atomic E-state index is 0. The van der Waals surface area contributed by atoms with Crippen molar-refractivity contribution < 1.29 is 33.3 Å². The number of hydrogen-bond donors (Lipinski definition) is 0. The lowest BCUT2D eigenvalue weighted by Gasteiger charge is -2.40. The number of rotatable bonds is 0. The van der Waals surface area contributed by atoms with Crippen molar-refractivity contribution in [3.05, 3.63) is 0 Å². The van der Waals surface area contributed by atoms with E-state index in [2.05, 4.69) is 14.1 Å². The Morgan fingerprint density at radius 1 is 1.17 bits per heavy atom. The van der Waals surface area contributed by atoms with E-state index in [0.717, 1.165) is 17.3 Å². The Balaban J connectivity index is 0.000000720. The van der Waals surface area contributed by atoms with Crippen molar-refractivity contribution >= 4 is 5.78 Å². The Hall–Kier alpha value is 0.360. The molecule has 0 aromatic heterocycles. The standard InChI is InChI=1S/C9H16NO.HI/c1-10(2)7-3-4-8(10)6-9(11)5-7;/h7-8H,3-6H2,1-2H3;1H/q+1;/p-1/t7-,8+;. The van der Waals surface area contributed by atoms with Crippen molar-refractivity contribution in [2.75, 3.05) is 14.1 Å². The summed E-state index contributed by atoms with van der Waals surface area (Å²) in [5.41, 5.74) is 0. The molecule has 0 unspecified atom stereocenters. The molecule has 0 aromatic carbocycles. The van der Waals surface area contributed by atoms with Crippen molar-refractivity contribution in [2.45, 2.75) is 37.8 Å². The number of hydrogen-bond acceptors (Lipinski definition) is 1. The Labute approximate surface area is 90.9 Å². The summed E-state index contributed by atoms with van der Waals surface area (Å²) in [7, 11) is 4.55. The SMILES string of the molecule is C[N+]1(C)[C@@H]2CC[C@H]1CC(=O)C2.[I-]. The van der Waals surface area contributed by atoms with Gasteiger partial charge in [0.15, 0.2) is 0 Å². The number of carbonyl (C=O) groups is 1. The molecule has 0 saturated carbocycles. The van der Waals surface area contributed by atoms with Crippen LogP contribution >= 0.6 is 0 Å². The smallest absolute Gasteiger partial charge is 0.144 e. The van der Waals surface area contributed by atoms with Crippen LogP contribution in [0.15, 0.2) is 0 Å². The summed E-state index contributed by atoms with van der Waals surface area (Å²) < 4.78 is 1.10. The average Bonchev–Trinajstić information content (AvgIpc) is 2.19. The lowest BCUT2D eigenvalue weighted by atomic mass is 10.00. The average molecular weight is 281 g/mol. The van der Waals surface area contributed by atoms with Gasteiger partial charge in [-0.2, -0.15) is 0 Å². The van der Waals surface area contributed by atoms with Gasteiger partial charge in [0.05, 0.1) is 39.0 Å². The van der Waals surface area contributed by atoms with E-state index in [1.54, 1.807) is 0 Å². The molecule has 2 rings (SSSR count). The van der Waals surface area contributed by atoms with Gasteiger partial charge in [-0.25, -0.2) is 0 Å². The monoisotopic (exact) mass is 281 g/mol. The highest BCUT2D eigenvalue weighted by Crippen LogP contribution is 2.37. The van der Waals surface area contributed by atoms with E-state index in [0.29, 0.717) is 17.9 Å². The molecule has 2 nitrogen and oxygen atoms in total. The molecule has 70 valence electrons. The van der Waals surface area contributed by atoms with Gasteiger partial charge in [-0.1, -0.05) is 0 Å². The second-order valence-electron chi connectivity index (χ2n) is 4.46. The molecule has 0 spiro atoms. The highest BCUT2D eigenvalue weighted by atomic mass is 127. The molecule has 2 fully saturated rings. The van der Waals surface area contributed by atoms with Crippen molar-refractivity contribution in [3.63, 3.8) is 0 Å². The molecule has 0 amide bonds. The molecule has 0 N–H and O–H groups in total. The van der Waals surface area contributed by atoms with Crippen molar-refractivity contribution in [2.24, 2.45) is 0 Å². The van der Waals surface area contributed by atoms with E-state index >= 15 is 0 Å². The van der Waals surface area contributed by atoms with Crippen LogP contribution in [0.4, 0.5) is 0 Å². The van der Waals surface area contributed by atoms with Gasteiger partial charge >= 0.3 is 0 Å². The van der Waals surface area contributed by atoms with E-state index in [1.165, 1.54) is 12.8 Å². The zero-order valence-corrected chi connectivity index (χ0v) is 9.87. The highest BCUT2D eigenvalue weighted by Gasteiger charge is 2.48. The van der Waals surface area contributed by atoms with Gasteiger partial charge in [0.1, 0.15) is 5.78 Å². The van der Waals surface area contributed by atoms with E-state index < -0.39 is 0 Å². The Morgan fingerprint density at radius 3 is 2.00 bits per heavy atom. The second-order valence-corrected chi connectivity index (χ2v) is 4.46. The number of halogens is 1. The van der Waals surface area contributed by atoms with Crippen molar-refractivity contribution in [1.29, 1.82) is 0 Å². The number of ketones is 1. The molecule has 2 atom stereocenters. The molecule has 0 radical (unpaired) electrons. The summed E-state index contributed by atoms with van der Waals surface area (Å²) in [6, 6.07) is 1.28. The minimum Gasteiger partial charge on any atom is -1.00 e. The fourth-order valence-electron chi connectivity index (χ4n) is 2.63. The van der Waals surface area contributed by atoms with Gasteiger partial charge in [0.25, 0.3) is 0 Å². The fraction of sp³-hybridized carbons (Fsp3) is 0.889. The van der Waals surface area contributed by atoms with Crippen molar-refractivity contribution in [3.8, 4) is 0 Å². The summed E-state index contributed by atoms with van der Waals surface area (Å²) in [4.78, 5) is 11.2. The molecule has 3 heteroatoms. The third-order valence-corrected chi connectivity index (χ3v) is 3.64. The fourth-order valence-corrected chi connectivity index (χ4v) is 2.63. The third-order valence-electron chi connectivity index (χ3n) is 3.64. The van der Waals surface area contributed by atoms with Crippen LogP contribution in [0.3, 0.4) is 0 Å². The lowest BCUT2D eigenvalue weighted by Crippen LogP contribution is -3.00. The molecule has 2 aliphatic heterocycles. The third kappa shape index (κ3) is 1.41. The van der Waals surface area contributed by atoms with Crippen LogP contribution in [0, 0.1) is 0 Å². The normalized spacial score (nSPS) is 37.7. The van der Waals surface area contributed by atoms with Crippen LogP contribution in [-0.4, -0.2) is 36.4 Å². The lowest BCUT2D eigenvalue weighted by molar-refractivity contribution is -0.926. The van der Waals surface area contributed by atoms with Crippen LogP contribution in [0.25, 0.3) is 0 Å². The van der Waals surface area contributed by atoms with Crippen molar-refractivity contribution in [1.82, 2.24) is 0 Å². The molecular weight excluding hydrogens is 265 g/mol. The largest absolute Gasteiger partial charge is 1.00 e. The van der Waals surface area contributed by atoms with Crippen LogP contribution in [-0.2, 0) is 4.79 Å². The zero-order chi connectivity index (χ0) is 8.06. The number of Topliss-reactive ketones (excluding diaryl/α,β-unsaturated/α-hetero) is 1. The summed E-state index contributed by atoms with van der Waals surface area (Å²) in [6.45, 7) is 0. The Kier molecular flexibility index (Phi) is 2.83. The molecule has 2 heterocycles. The van der Waals surface area contributed by atoms with Gasteiger partial charge in [-0.15, -0.1) is 0 Å². The maximum absolute atomic E-state index is 11.2. The highest BCUT2D eigenvalue weighted by molar-refractivity contribution is 5.80. The summed E-state index contributed by atoms with van der Waals surface area (Å²) in [5.74, 6) is 0.495. The molecule has 2 saturated heterocycles. The molecular formula is C9H16INO. The first kappa shape index (κ1) is 10.4. The number of nitrogens with zero attached hydrogens (tertiary/aromatic N) is 1. The first-order valence-corrected chi connectivity index (χ1v) is 4.46. The van der Waals surface area contributed by atoms with Gasteiger partial charge < -0.3 is 28.5 Å². The number of quaternary nitrogens is 1. The van der Waals surface area contributed by atoms with E-state index in [9.17, 15) is 4.79 Å². The maximum Gasteiger partial charge on any atom is 0.144 e. The number of fused-ring (bicyclic) bond motifs is 2. The quantitative estimate of drug-likeness (QED) is 0.369. The molecule has 2 bridgehead atoms. The number of piperidine rings is 1. The molecule has 2 aliphatic rings. The van der Waals surface area contributed by atoms with E-state index in [-0.39, 0.29) is 24.0 Å². The number of carbonyl (C=O) groups excluding carboxylic acids is 1. The van der Waals surface area contributed by atoms with E-state index in [1.807, 2.05) is 0 Å². The zero-order valence-electron chi connectivity index (χ0n) is 7.72. The second kappa shape index (κ2) is 3.25. The Morgan fingerprint density at radius 2 is 1.58 bits per heavy atom. The summed E-state index contributed by atoms with van der Waals surface area (Å²) in [6.07, 6.45) is 4.21. The summed E-state index contributed by atoms with van der Waals surface area (Å²) in [5, 5.41) is 0. The van der Waals surface area contributed by atoms with Gasteiger partial charge in [0.2, 0.25) is 0 Å². The molecule has 0 aliphatic carbocycles. The van der Waals surface area contributed by atoms with Crippen LogP contribution < -0.4 is 24.0 Å². The van der Waals surface area contributed by atoms with Crippen LogP contribution in [0.2, 0.25) is 0 Å². The van der Waals surface area contributed by atoms with Crippen LogP contribution in [0.5, 0.6) is 0 Å². The molecule has 12 heavy (non-hydrogen) atoms.